The minimum Gasteiger partial charge on any atom is -0.444 e. The zero-order chi connectivity index (χ0) is 19.6. The summed E-state index contributed by atoms with van der Waals surface area (Å²) in [7, 11) is -3.79. The minimum absolute atomic E-state index is 0.0453. The number of carbonyl (C=O) groups excluding carboxylic acids is 2. The van der Waals surface area contributed by atoms with E-state index in [-0.39, 0.29) is 13.0 Å². The van der Waals surface area contributed by atoms with Gasteiger partial charge in [0.15, 0.2) is 9.84 Å². The predicted molar refractivity (Wildman–Crippen MR) is 94.6 cm³/mol. The molecule has 144 valence electrons. The summed E-state index contributed by atoms with van der Waals surface area (Å²) in [6.07, 6.45) is 2.92. The Morgan fingerprint density at radius 2 is 2.22 bits per heavy atom. The summed E-state index contributed by atoms with van der Waals surface area (Å²) in [6, 6.07) is 3.38. The number of aromatic nitrogens is 1. The summed E-state index contributed by atoms with van der Waals surface area (Å²) in [6.45, 7) is 0.0453. The van der Waals surface area contributed by atoms with Gasteiger partial charge < -0.3 is 4.74 Å². The van der Waals surface area contributed by atoms with E-state index >= 15 is 0 Å². The first-order chi connectivity index (χ1) is 12.8. The largest absolute Gasteiger partial charge is 0.444 e. The first-order valence-corrected chi connectivity index (χ1v) is 10.3. The molecule has 2 amide bonds. The molecule has 2 N–H and O–H groups in total. The lowest BCUT2D eigenvalue weighted by atomic mass is 10.2. The lowest BCUT2D eigenvalue weighted by Crippen LogP contribution is -2.41. The van der Waals surface area contributed by atoms with Crippen molar-refractivity contribution < 1.29 is 28.0 Å². The normalized spacial score (nSPS) is 20.4. The van der Waals surface area contributed by atoms with Crippen LogP contribution >= 0.6 is 0 Å². The van der Waals surface area contributed by atoms with Gasteiger partial charge >= 0.3 is 6.09 Å². The Bertz CT molecular complexity index is 899. The Kier molecular flexibility index (Phi) is 5.34. The van der Waals surface area contributed by atoms with E-state index in [9.17, 15) is 18.0 Å². The lowest BCUT2D eigenvalue weighted by molar-refractivity contribution is -0.129. The van der Waals surface area contributed by atoms with Gasteiger partial charge in [0.25, 0.3) is 5.91 Å². The van der Waals surface area contributed by atoms with Crippen LogP contribution < -0.4 is 10.4 Å². The van der Waals surface area contributed by atoms with Crippen LogP contribution in [0, 0.1) is 17.8 Å². The highest BCUT2D eigenvalue weighted by molar-refractivity contribution is 7.92. The molecule has 2 unspecified atom stereocenters. The second-order valence-corrected chi connectivity index (χ2v) is 8.82. The number of hydrogen-bond acceptors (Lipinski definition) is 7. The molecule has 2 aliphatic rings. The zero-order valence-corrected chi connectivity index (χ0v) is 15.4. The minimum atomic E-state index is -3.79. The molecule has 2 atom stereocenters. The third kappa shape index (κ3) is 4.75. The third-order valence-corrected chi connectivity index (χ3v) is 5.73. The SMILES string of the molecule is CS(=O)(=O)C(CC1CN(c2ccc(C#CC3CC3)cn2)C(=O)O1)C(=O)NO. The van der Waals surface area contributed by atoms with Gasteiger partial charge in [0.1, 0.15) is 17.2 Å². The molecule has 10 heteroatoms. The van der Waals surface area contributed by atoms with Gasteiger partial charge in [-0.1, -0.05) is 11.8 Å². The molecule has 1 saturated heterocycles. The highest BCUT2D eigenvalue weighted by atomic mass is 32.2. The number of anilines is 1. The van der Waals surface area contributed by atoms with Gasteiger partial charge in [0.05, 0.1) is 6.54 Å². The van der Waals surface area contributed by atoms with Crippen LogP contribution in [0.4, 0.5) is 10.6 Å². The molecule has 2 fully saturated rings. The quantitative estimate of drug-likeness (QED) is 0.423. The summed E-state index contributed by atoms with van der Waals surface area (Å²) < 4.78 is 28.7. The molecule has 0 bridgehead atoms. The number of rotatable bonds is 5. The maximum absolute atomic E-state index is 12.1. The highest BCUT2D eigenvalue weighted by Crippen LogP contribution is 2.28. The van der Waals surface area contributed by atoms with E-state index < -0.39 is 33.2 Å². The molecule has 0 spiro atoms. The smallest absolute Gasteiger partial charge is 0.415 e. The predicted octanol–water partition coefficient (Wildman–Crippen LogP) is 0.477. The van der Waals surface area contributed by atoms with Crippen LogP contribution in [0.2, 0.25) is 0 Å². The summed E-state index contributed by atoms with van der Waals surface area (Å²) in [5.74, 6) is 5.90. The molecular weight excluding hydrogens is 374 g/mol. The van der Waals surface area contributed by atoms with Gasteiger partial charge in [-0.2, -0.15) is 0 Å². The topological polar surface area (TPSA) is 126 Å². The van der Waals surface area contributed by atoms with Crippen LogP contribution in [0.25, 0.3) is 0 Å². The first kappa shape index (κ1) is 19.1. The fourth-order valence-corrected chi connectivity index (χ4v) is 3.66. The van der Waals surface area contributed by atoms with E-state index in [1.54, 1.807) is 18.3 Å². The monoisotopic (exact) mass is 393 g/mol. The van der Waals surface area contributed by atoms with E-state index in [2.05, 4.69) is 16.8 Å². The van der Waals surface area contributed by atoms with E-state index in [1.165, 1.54) is 10.4 Å². The lowest BCUT2D eigenvalue weighted by Gasteiger charge is -2.16. The second-order valence-electron chi connectivity index (χ2n) is 6.59. The number of carbonyl (C=O) groups is 2. The number of pyridine rings is 1. The van der Waals surface area contributed by atoms with Crippen molar-refractivity contribution in [3.05, 3.63) is 23.9 Å². The van der Waals surface area contributed by atoms with Crippen molar-refractivity contribution in [2.75, 3.05) is 17.7 Å². The fourth-order valence-electron chi connectivity index (χ4n) is 2.65. The second kappa shape index (κ2) is 7.54. The van der Waals surface area contributed by atoms with Crippen molar-refractivity contribution in [3.8, 4) is 11.8 Å². The molecule has 1 aliphatic heterocycles. The van der Waals surface area contributed by atoms with Crippen LogP contribution in [0.3, 0.4) is 0 Å². The number of sulfone groups is 1. The standard InChI is InChI=1S/C17H19N3O6S/c1-27(24,25)14(16(21)19-23)8-13-10-20(17(22)26-13)15-7-6-12(9-18-15)5-4-11-2-3-11/h6-7,9,11,13-14,23H,2-3,8,10H2,1H3,(H,19,21). The Morgan fingerprint density at radius 3 is 2.78 bits per heavy atom. The molecule has 1 saturated carbocycles. The third-order valence-electron chi connectivity index (χ3n) is 4.29. The zero-order valence-electron chi connectivity index (χ0n) is 14.6. The van der Waals surface area contributed by atoms with Crippen LogP contribution in [0.1, 0.15) is 24.8 Å². The maximum atomic E-state index is 12.1. The first-order valence-electron chi connectivity index (χ1n) is 8.36. The average Bonchev–Trinajstić information content (AvgIpc) is 3.38. The van der Waals surface area contributed by atoms with E-state index in [0.717, 1.165) is 24.7 Å². The Labute approximate surface area is 156 Å². The average molecular weight is 393 g/mol. The van der Waals surface area contributed by atoms with Crippen LogP contribution in [-0.4, -0.2) is 54.8 Å². The Balaban J connectivity index is 1.68. The van der Waals surface area contributed by atoms with Gasteiger partial charge in [-0.3, -0.25) is 14.9 Å². The number of cyclic esters (lactones) is 1. The van der Waals surface area contributed by atoms with Crippen molar-refractivity contribution in [2.24, 2.45) is 5.92 Å². The molecule has 0 radical (unpaired) electrons. The van der Waals surface area contributed by atoms with E-state index in [4.69, 9.17) is 9.94 Å². The summed E-state index contributed by atoms with van der Waals surface area (Å²) in [5.41, 5.74) is 2.07. The number of nitrogens with zero attached hydrogens (tertiary/aromatic N) is 2. The van der Waals surface area contributed by atoms with Gasteiger partial charge in [-0.25, -0.2) is 23.7 Å². The van der Waals surface area contributed by atoms with E-state index in [0.29, 0.717) is 11.7 Å². The molecule has 1 aromatic rings. The molecule has 0 aromatic carbocycles. The molecule has 27 heavy (non-hydrogen) atoms. The Morgan fingerprint density at radius 1 is 1.48 bits per heavy atom. The van der Waals surface area contributed by atoms with Crippen LogP contribution in [-0.2, 0) is 19.4 Å². The number of hydrogen-bond donors (Lipinski definition) is 2. The number of hydroxylamine groups is 1. The van der Waals surface area contributed by atoms with Crippen LogP contribution in [0.15, 0.2) is 18.3 Å². The molecule has 1 aliphatic carbocycles. The van der Waals surface area contributed by atoms with Gasteiger partial charge in [0.2, 0.25) is 0 Å². The number of ether oxygens (including phenoxy) is 1. The van der Waals surface area contributed by atoms with Gasteiger partial charge in [0, 0.05) is 30.4 Å². The van der Waals surface area contributed by atoms with Crippen LogP contribution in [0.5, 0.6) is 0 Å². The molecule has 9 nitrogen and oxygen atoms in total. The molecular formula is C17H19N3O6S. The molecule has 2 heterocycles. The summed E-state index contributed by atoms with van der Waals surface area (Å²) >= 11 is 0. The van der Waals surface area contributed by atoms with Crippen molar-refractivity contribution in [1.29, 1.82) is 0 Å². The fraction of sp³-hybridized carbons (Fsp3) is 0.471. The number of amides is 2. The van der Waals surface area contributed by atoms with Crippen molar-refractivity contribution >= 4 is 27.7 Å². The summed E-state index contributed by atoms with van der Waals surface area (Å²) in [4.78, 5) is 29.2. The molecule has 1 aromatic heterocycles. The van der Waals surface area contributed by atoms with Crippen molar-refractivity contribution in [3.63, 3.8) is 0 Å². The number of nitrogens with one attached hydrogen (secondary N) is 1. The van der Waals surface area contributed by atoms with Crippen molar-refractivity contribution in [2.45, 2.75) is 30.6 Å². The van der Waals surface area contributed by atoms with E-state index in [1.807, 2.05) is 0 Å². The molecule has 3 rings (SSSR count). The Hall–Kier alpha value is -2.64. The highest BCUT2D eigenvalue weighted by Gasteiger charge is 2.39. The maximum Gasteiger partial charge on any atom is 0.415 e. The van der Waals surface area contributed by atoms with Gasteiger partial charge in [-0.05, 0) is 25.0 Å². The summed E-state index contributed by atoms with van der Waals surface area (Å²) in [5, 5.41) is 7.21. The van der Waals surface area contributed by atoms with Crippen molar-refractivity contribution in [1.82, 2.24) is 10.5 Å². The van der Waals surface area contributed by atoms with Gasteiger partial charge in [-0.15, -0.1) is 0 Å².